The highest BCUT2D eigenvalue weighted by Crippen LogP contribution is 2.63. The Hall–Kier alpha value is -2.79. The van der Waals surface area contributed by atoms with Crippen LogP contribution in [0.25, 0.3) is 0 Å². The molecule has 4 aliphatic rings. The maximum absolute atomic E-state index is 14.5. The van der Waals surface area contributed by atoms with Gasteiger partial charge >= 0.3 is 0 Å². The number of aromatic nitrogens is 2. The number of rotatable bonds is 4. The van der Waals surface area contributed by atoms with E-state index >= 15 is 0 Å². The monoisotopic (exact) mass is 628 g/mol. The average molecular weight is 630 g/mol. The lowest BCUT2D eigenvalue weighted by atomic mass is 9.54. The summed E-state index contributed by atoms with van der Waals surface area (Å²) in [4.78, 5) is 51.5. The molecule has 3 fully saturated rings. The van der Waals surface area contributed by atoms with E-state index in [9.17, 15) is 14.4 Å². The summed E-state index contributed by atoms with van der Waals surface area (Å²) in [5.41, 5.74) is 0.170. The Kier molecular flexibility index (Phi) is 7.72. The molecule has 1 aromatic carbocycles. The van der Waals surface area contributed by atoms with Crippen molar-refractivity contribution in [3.8, 4) is 0 Å². The normalized spacial score (nSPS) is 30.6. The van der Waals surface area contributed by atoms with Crippen molar-refractivity contribution in [3.05, 3.63) is 52.0 Å². The van der Waals surface area contributed by atoms with E-state index in [2.05, 4.69) is 39.8 Å². The van der Waals surface area contributed by atoms with E-state index in [0.29, 0.717) is 42.1 Å². The van der Waals surface area contributed by atoms with E-state index in [1.807, 2.05) is 6.07 Å². The number of amides is 3. The molecule has 3 aliphatic heterocycles. The number of halogens is 2. The van der Waals surface area contributed by atoms with Gasteiger partial charge in [-0.15, -0.1) is 0 Å². The molecule has 1 saturated carbocycles. The molecule has 0 unspecified atom stereocenters. The number of hydrogen-bond donors (Lipinski definition) is 3. The zero-order valence-electron chi connectivity index (χ0n) is 24.9. The van der Waals surface area contributed by atoms with E-state index in [1.54, 1.807) is 38.5 Å². The molecule has 4 heterocycles. The van der Waals surface area contributed by atoms with E-state index < -0.39 is 29.0 Å². The van der Waals surface area contributed by atoms with Crippen molar-refractivity contribution < 1.29 is 19.1 Å². The standard InChI is InChI=1S/C31H38Cl2N6O4/c1-29(2)10-12-30(13-11-29)31(19-7-5-17(32)15-21(19)36-27(31)42)23(20-9-14-34-28(33)37-20)24(38-30)25(40)35-18-6-8-22(43-16-18)26(41)39(3)4/h5,7,9,14-15,18,22-24,38H,6,8,10-13,16H2,1-4H3,(H,35,40)(H,36,42)/t18-,22+,23-,24-,31-/m1/s1. The number of carbonyl (C=O) groups is 3. The minimum Gasteiger partial charge on any atom is -0.366 e. The summed E-state index contributed by atoms with van der Waals surface area (Å²) < 4.78 is 5.86. The van der Waals surface area contributed by atoms with Gasteiger partial charge in [-0.05, 0) is 79.3 Å². The molecule has 5 atom stereocenters. The first kappa shape index (κ1) is 30.2. The molecule has 230 valence electrons. The van der Waals surface area contributed by atoms with Gasteiger partial charge in [0, 0.05) is 42.5 Å². The molecule has 6 rings (SSSR count). The van der Waals surface area contributed by atoms with Crippen LogP contribution in [-0.2, 0) is 24.5 Å². The molecule has 1 aromatic heterocycles. The summed E-state index contributed by atoms with van der Waals surface area (Å²) in [6, 6.07) is 6.13. The highest BCUT2D eigenvalue weighted by atomic mass is 35.5. The molecular formula is C31H38Cl2N6O4. The van der Waals surface area contributed by atoms with Crippen LogP contribution in [0.4, 0.5) is 5.69 Å². The van der Waals surface area contributed by atoms with Gasteiger partial charge in [-0.3, -0.25) is 19.7 Å². The summed E-state index contributed by atoms with van der Waals surface area (Å²) in [5, 5.41) is 10.6. The van der Waals surface area contributed by atoms with Gasteiger partial charge in [-0.25, -0.2) is 9.97 Å². The predicted molar refractivity (Wildman–Crippen MR) is 163 cm³/mol. The van der Waals surface area contributed by atoms with Crippen LogP contribution in [0.2, 0.25) is 10.3 Å². The Bertz CT molecular complexity index is 1450. The van der Waals surface area contributed by atoms with E-state index in [4.69, 9.17) is 27.9 Å². The molecule has 1 aliphatic carbocycles. The molecule has 2 aromatic rings. The molecule has 3 N–H and O–H groups in total. The third-order valence-electron chi connectivity index (χ3n) is 10.0. The number of anilines is 1. The van der Waals surface area contributed by atoms with Crippen molar-refractivity contribution in [1.82, 2.24) is 25.5 Å². The second-order valence-corrected chi connectivity index (χ2v) is 14.2. The highest BCUT2D eigenvalue weighted by Gasteiger charge is 2.73. The largest absolute Gasteiger partial charge is 0.366 e. The van der Waals surface area contributed by atoms with Crippen molar-refractivity contribution in [2.75, 3.05) is 26.0 Å². The van der Waals surface area contributed by atoms with Crippen LogP contribution in [0.15, 0.2) is 30.5 Å². The minimum absolute atomic E-state index is 0.0459. The van der Waals surface area contributed by atoms with Gasteiger partial charge in [0.1, 0.15) is 11.5 Å². The lowest BCUT2D eigenvalue weighted by molar-refractivity contribution is -0.145. The maximum atomic E-state index is 14.5. The number of nitrogens with one attached hydrogen (secondary N) is 3. The molecule has 0 radical (unpaired) electrons. The first-order valence-electron chi connectivity index (χ1n) is 14.9. The molecular weight excluding hydrogens is 591 g/mol. The van der Waals surface area contributed by atoms with Gasteiger partial charge in [-0.2, -0.15) is 0 Å². The average Bonchev–Trinajstić information content (AvgIpc) is 3.42. The lowest BCUT2D eigenvalue weighted by Crippen LogP contribution is -2.61. The topological polar surface area (TPSA) is 126 Å². The van der Waals surface area contributed by atoms with Crippen LogP contribution in [0.1, 0.15) is 69.5 Å². The summed E-state index contributed by atoms with van der Waals surface area (Å²) in [6.45, 7) is 4.71. The van der Waals surface area contributed by atoms with E-state index in [-0.39, 0.29) is 41.1 Å². The first-order chi connectivity index (χ1) is 20.4. The molecule has 2 spiro atoms. The van der Waals surface area contributed by atoms with Gasteiger partial charge in [0.2, 0.25) is 17.1 Å². The number of hydrogen-bond acceptors (Lipinski definition) is 7. The van der Waals surface area contributed by atoms with Crippen molar-refractivity contribution in [1.29, 1.82) is 0 Å². The van der Waals surface area contributed by atoms with Crippen LogP contribution in [0.3, 0.4) is 0 Å². The Balaban J connectivity index is 1.42. The Morgan fingerprint density at radius 3 is 2.49 bits per heavy atom. The van der Waals surface area contributed by atoms with Gasteiger partial charge in [0.25, 0.3) is 5.91 Å². The molecule has 0 bridgehead atoms. The second kappa shape index (κ2) is 11.0. The summed E-state index contributed by atoms with van der Waals surface area (Å²) in [7, 11) is 3.41. The number of fused-ring (bicyclic) bond motifs is 3. The second-order valence-electron chi connectivity index (χ2n) is 13.4. The fourth-order valence-electron chi connectivity index (χ4n) is 7.80. The number of carbonyl (C=O) groups excluding carboxylic acids is 3. The molecule has 43 heavy (non-hydrogen) atoms. The molecule has 2 saturated heterocycles. The number of ether oxygens (including phenoxy) is 1. The molecule has 12 heteroatoms. The molecule has 3 amide bonds. The molecule has 10 nitrogen and oxygen atoms in total. The quantitative estimate of drug-likeness (QED) is 0.440. The Morgan fingerprint density at radius 1 is 1.09 bits per heavy atom. The van der Waals surface area contributed by atoms with Crippen LogP contribution in [0, 0.1) is 5.41 Å². The SMILES string of the molecule is CN(C)C(=O)[C@@H]1CC[C@@H](NC(=O)[C@@H]2NC3(CCC(C)(C)CC3)[C@@]3(C(=O)Nc4cc(Cl)ccc43)[C@@H]2c2ccnc(Cl)n2)CO1. The zero-order chi connectivity index (χ0) is 30.7. The Morgan fingerprint density at radius 2 is 1.84 bits per heavy atom. The third-order valence-corrected chi connectivity index (χ3v) is 10.5. The van der Waals surface area contributed by atoms with Crippen LogP contribution < -0.4 is 16.0 Å². The van der Waals surface area contributed by atoms with Crippen molar-refractivity contribution >= 4 is 46.6 Å². The Labute approximate surface area is 261 Å². The van der Waals surface area contributed by atoms with E-state index in [1.165, 1.54) is 4.90 Å². The van der Waals surface area contributed by atoms with Gasteiger partial charge in [0.15, 0.2) is 0 Å². The van der Waals surface area contributed by atoms with Crippen molar-refractivity contribution in [2.24, 2.45) is 5.41 Å². The predicted octanol–water partition coefficient (Wildman–Crippen LogP) is 3.82. The van der Waals surface area contributed by atoms with Crippen LogP contribution in [0.5, 0.6) is 0 Å². The van der Waals surface area contributed by atoms with Gasteiger partial charge in [0.05, 0.1) is 24.4 Å². The van der Waals surface area contributed by atoms with Gasteiger partial charge in [-0.1, -0.05) is 31.5 Å². The lowest BCUT2D eigenvalue weighted by Gasteiger charge is -2.50. The van der Waals surface area contributed by atoms with Gasteiger partial charge < -0.3 is 20.3 Å². The fourth-order valence-corrected chi connectivity index (χ4v) is 8.12. The van der Waals surface area contributed by atoms with Crippen molar-refractivity contribution in [3.63, 3.8) is 0 Å². The summed E-state index contributed by atoms with van der Waals surface area (Å²) >= 11 is 12.7. The van der Waals surface area contributed by atoms with Crippen molar-refractivity contribution in [2.45, 2.75) is 87.4 Å². The third kappa shape index (κ3) is 5.00. The fraction of sp³-hybridized carbons (Fsp3) is 0.581. The van der Waals surface area contributed by atoms with Crippen LogP contribution in [-0.4, -0.2) is 77.0 Å². The van der Waals surface area contributed by atoms with Crippen LogP contribution >= 0.6 is 23.2 Å². The number of nitrogens with zero attached hydrogens (tertiary/aromatic N) is 3. The summed E-state index contributed by atoms with van der Waals surface area (Å²) in [5.74, 6) is -1.21. The smallest absolute Gasteiger partial charge is 0.251 e. The number of benzene rings is 1. The highest BCUT2D eigenvalue weighted by molar-refractivity contribution is 6.31. The van der Waals surface area contributed by atoms with E-state index in [0.717, 1.165) is 18.4 Å². The summed E-state index contributed by atoms with van der Waals surface area (Å²) in [6.07, 6.45) is 5.28. The maximum Gasteiger partial charge on any atom is 0.251 e. The minimum atomic E-state index is -1.16. The number of likely N-dealkylation sites (N-methyl/N-ethyl adjacent to an activating group) is 1. The zero-order valence-corrected chi connectivity index (χ0v) is 26.4. The first-order valence-corrected chi connectivity index (χ1v) is 15.6.